The molecule has 1 N–H and O–H groups in total. The van der Waals surface area contributed by atoms with Gasteiger partial charge in [0.15, 0.2) is 5.69 Å². The summed E-state index contributed by atoms with van der Waals surface area (Å²) in [5.74, 6) is 0. The Morgan fingerprint density at radius 3 is 2.25 bits per heavy atom. The highest BCUT2D eigenvalue weighted by Crippen LogP contribution is 2.34. The van der Waals surface area contributed by atoms with Gasteiger partial charge in [-0.15, -0.1) is 11.3 Å². The molecule has 0 radical (unpaired) electrons. The second kappa shape index (κ2) is 6.41. The molecule has 1 aromatic heterocycles. The Bertz CT molecular complexity index is 433. The van der Waals surface area contributed by atoms with E-state index in [1.807, 2.05) is 39.8 Å². The molecule has 0 aliphatic rings. The molecule has 3 nitrogen and oxygen atoms in total. The number of thiazole rings is 1. The minimum atomic E-state index is -4.39. The van der Waals surface area contributed by atoms with Crippen LogP contribution in [0.25, 0.3) is 0 Å². The van der Waals surface area contributed by atoms with Crippen LogP contribution in [0.5, 0.6) is 0 Å². The van der Waals surface area contributed by atoms with E-state index in [4.69, 9.17) is 0 Å². The lowest BCUT2D eigenvalue weighted by Crippen LogP contribution is -2.35. The number of halogens is 3. The molecule has 0 amide bonds. The molecular formula is C13H22F3N3S. The van der Waals surface area contributed by atoms with Crippen LogP contribution < -0.4 is 5.32 Å². The molecule has 0 unspecified atom stereocenters. The molecule has 0 aliphatic heterocycles. The van der Waals surface area contributed by atoms with E-state index in [1.54, 1.807) is 0 Å². The quantitative estimate of drug-likeness (QED) is 0.905. The number of alkyl halides is 3. The molecule has 0 bridgehead atoms. The fraction of sp³-hybridized carbons (Fsp3) is 0.769. The molecule has 0 atom stereocenters. The lowest BCUT2D eigenvalue weighted by molar-refractivity contribution is -0.141. The molecule has 7 heteroatoms. The van der Waals surface area contributed by atoms with Gasteiger partial charge in [-0.25, -0.2) is 4.98 Å². The van der Waals surface area contributed by atoms with Crippen molar-refractivity contribution in [1.29, 1.82) is 0 Å². The smallest absolute Gasteiger partial charge is 0.309 e. The first-order valence-electron chi connectivity index (χ1n) is 6.44. The van der Waals surface area contributed by atoms with Gasteiger partial charge < -0.3 is 10.2 Å². The lowest BCUT2D eigenvalue weighted by Gasteiger charge is -2.20. The molecule has 1 heterocycles. The van der Waals surface area contributed by atoms with Crippen LogP contribution in [0.15, 0.2) is 0 Å². The zero-order valence-corrected chi connectivity index (χ0v) is 13.4. The number of rotatable bonds is 5. The van der Waals surface area contributed by atoms with E-state index in [0.29, 0.717) is 18.0 Å². The lowest BCUT2D eigenvalue weighted by atomic mass is 10.1. The molecule has 0 aromatic carbocycles. The predicted octanol–water partition coefficient (Wildman–Crippen LogP) is 3.15. The third-order valence-corrected chi connectivity index (χ3v) is 3.68. The largest absolute Gasteiger partial charge is 0.434 e. The van der Waals surface area contributed by atoms with Crippen molar-refractivity contribution < 1.29 is 13.2 Å². The van der Waals surface area contributed by atoms with Gasteiger partial charge in [0.05, 0.1) is 9.88 Å². The van der Waals surface area contributed by atoms with Crippen LogP contribution >= 0.6 is 11.3 Å². The monoisotopic (exact) mass is 309 g/mol. The van der Waals surface area contributed by atoms with Crippen LogP contribution in [0.2, 0.25) is 0 Å². The van der Waals surface area contributed by atoms with Crippen molar-refractivity contribution in [2.45, 2.75) is 45.5 Å². The summed E-state index contributed by atoms with van der Waals surface area (Å²) < 4.78 is 39.0. The van der Waals surface area contributed by atoms with Crippen LogP contribution in [0.1, 0.15) is 36.3 Å². The maximum absolute atomic E-state index is 13.0. The predicted molar refractivity (Wildman–Crippen MR) is 76.0 cm³/mol. The third-order valence-electron chi connectivity index (χ3n) is 2.56. The summed E-state index contributed by atoms with van der Waals surface area (Å²) in [5, 5.41) is 3.63. The molecule has 1 rings (SSSR count). The average molecular weight is 309 g/mol. The SMILES string of the molecule is CN(C)CCc1nc(C(F)(F)F)c(CNC(C)(C)C)s1. The molecule has 0 fully saturated rings. The number of likely N-dealkylation sites (N-methyl/N-ethyl adjacent to an activating group) is 1. The van der Waals surface area contributed by atoms with Crippen LogP contribution in [0, 0.1) is 0 Å². The topological polar surface area (TPSA) is 28.2 Å². The van der Waals surface area contributed by atoms with Crippen LogP contribution in [0.3, 0.4) is 0 Å². The summed E-state index contributed by atoms with van der Waals surface area (Å²) in [5.41, 5.74) is -0.968. The fourth-order valence-corrected chi connectivity index (χ4v) is 2.53. The third kappa shape index (κ3) is 5.76. The zero-order chi connectivity index (χ0) is 15.6. The summed E-state index contributed by atoms with van der Waals surface area (Å²) >= 11 is 1.15. The first-order valence-corrected chi connectivity index (χ1v) is 7.26. The standard InChI is InChI=1S/C13H22F3N3S/c1-12(2,3)17-8-9-11(13(14,15)16)18-10(20-9)6-7-19(4)5/h17H,6-8H2,1-5H3. The van der Waals surface area contributed by atoms with Crippen LogP contribution in [0.4, 0.5) is 13.2 Å². The van der Waals surface area contributed by atoms with Gasteiger partial charge >= 0.3 is 6.18 Å². The zero-order valence-electron chi connectivity index (χ0n) is 12.6. The van der Waals surface area contributed by atoms with Gasteiger partial charge in [-0.1, -0.05) is 0 Å². The van der Waals surface area contributed by atoms with Crippen molar-refractivity contribution in [1.82, 2.24) is 15.2 Å². The number of aromatic nitrogens is 1. The van der Waals surface area contributed by atoms with E-state index in [2.05, 4.69) is 10.3 Å². The highest BCUT2D eigenvalue weighted by atomic mass is 32.1. The molecule has 1 aromatic rings. The second-order valence-corrected chi connectivity index (χ2v) is 7.20. The van der Waals surface area contributed by atoms with Gasteiger partial charge in [-0.2, -0.15) is 13.2 Å². The Kier molecular flexibility index (Phi) is 5.57. The van der Waals surface area contributed by atoms with E-state index in [-0.39, 0.29) is 17.0 Å². The first-order chi connectivity index (χ1) is 8.99. The van der Waals surface area contributed by atoms with Gasteiger partial charge in [0.2, 0.25) is 0 Å². The van der Waals surface area contributed by atoms with Gasteiger partial charge in [0.25, 0.3) is 0 Å². The van der Waals surface area contributed by atoms with Crippen molar-refractivity contribution in [3.8, 4) is 0 Å². The number of nitrogens with one attached hydrogen (secondary N) is 1. The Morgan fingerprint density at radius 2 is 1.80 bits per heavy atom. The molecule has 0 aliphatic carbocycles. The Balaban J connectivity index is 2.89. The van der Waals surface area contributed by atoms with Crippen molar-refractivity contribution in [3.63, 3.8) is 0 Å². The molecule has 0 saturated carbocycles. The van der Waals surface area contributed by atoms with Crippen molar-refractivity contribution >= 4 is 11.3 Å². The maximum Gasteiger partial charge on any atom is 0.434 e. The maximum atomic E-state index is 13.0. The molecule has 116 valence electrons. The highest BCUT2D eigenvalue weighted by Gasteiger charge is 2.37. The summed E-state index contributed by atoms with van der Waals surface area (Å²) in [4.78, 5) is 5.98. The van der Waals surface area contributed by atoms with E-state index in [0.717, 1.165) is 11.3 Å². The van der Waals surface area contributed by atoms with Crippen LogP contribution in [-0.4, -0.2) is 36.1 Å². The number of nitrogens with zero attached hydrogens (tertiary/aromatic N) is 2. The highest BCUT2D eigenvalue weighted by molar-refractivity contribution is 7.11. The van der Waals surface area contributed by atoms with Gasteiger partial charge in [-0.3, -0.25) is 0 Å². The number of hydrogen-bond donors (Lipinski definition) is 1. The summed E-state index contributed by atoms with van der Waals surface area (Å²) in [6, 6.07) is 0. The second-order valence-electron chi connectivity index (χ2n) is 6.03. The average Bonchev–Trinajstić information content (AvgIpc) is 2.65. The van der Waals surface area contributed by atoms with Crippen LogP contribution in [-0.2, 0) is 19.1 Å². The van der Waals surface area contributed by atoms with E-state index in [9.17, 15) is 13.2 Å². The van der Waals surface area contributed by atoms with Gasteiger partial charge in [-0.05, 0) is 34.9 Å². The Morgan fingerprint density at radius 1 is 1.20 bits per heavy atom. The minimum Gasteiger partial charge on any atom is -0.309 e. The number of hydrogen-bond acceptors (Lipinski definition) is 4. The van der Waals surface area contributed by atoms with E-state index in [1.165, 1.54) is 0 Å². The molecule has 20 heavy (non-hydrogen) atoms. The Hall–Kier alpha value is -0.660. The Labute approximate surface area is 122 Å². The van der Waals surface area contributed by atoms with Crippen molar-refractivity contribution in [2.75, 3.05) is 20.6 Å². The van der Waals surface area contributed by atoms with Gasteiger partial charge in [0.1, 0.15) is 0 Å². The van der Waals surface area contributed by atoms with Crippen molar-refractivity contribution in [2.24, 2.45) is 0 Å². The fourth-order valence-electron chi connectivity index (χ4n) is 1.51. The first kappa shape index (κ1) is 17.4. The van der Waals surface area contributed by atoms with E-state index < -0.39 is 11.9 Å². The summed E-state index contributed by atoms with van der Waals surface area (Å²) in [6.07, 6.45) is -3.85. The summed E-state index contributed by atoms with van der Waals surface area (Å²) in [6.45, 7) is 6.66. The molecule has 0 saturated heterocycles. The van der Waals surface area contributed by atoms with Crippen molar-refractivity contribution in [3.05, 3.63) is 15.6 Å². The molecular weight excluding hydrogens is 287 g/mol. The van der Waals surface area contributed by atoms with E-state index >= 15 is 0 Å². The summed E-state index contributed by atoms with van der Waals surface area (Å²) in [7, 11) is 3.78. The normalized spacial score (nSPS) is 13.2. The minimum absolute atomic E-state index is 0.192. The molecule has 0 spiro atoms. The van der Waals surface area contributed by atoms with Gasteiger partial charge in [0, 0.05) is 25.0 Å².